The molecule has 0 rings (SSSR count). The maximum absolute atomic E-state index is 11.7. The van der Waals surface area contributed by atoms with Crippen LogP contribution in [0.4, 0.5) is 0 Å². The maximum Gasteiger partial charge on any atom is 0.306 e. The topological polar surface area (TPSA) is 72.8 Å². The smallest absolute Gasteiger partial charge is 0.306 e. The molecule has 1 unspecified atom stereocenters. The summed E-state index contributed by atoms with van der Waals surface area (Å²) >= 11 is 0. The zero-order chi connectivity index (χ0) is 22.5. The molecular weight excluding hydrogens is 380 g/mol. The van der Waals surface area contributed by atoms with Crippen LogP contribution in [0.2, 0.25) is 0 Å². The lowest BCUT2D eigenvalue weighted by atomic mass is 10.0. The van der Waals surface area contributed by atoms with Gasteiger partial charge in [-0.3, -0.25) is 9.59 Å². The van der Waals surface area contributed by atoms with E-state index in [1.165, 1.54) is 84.0 Å². The van der Waals surface area contributed by atoms with Gasteiger partial charge in [-0.25, -0.2) is 0 Å². The molecule has 30 heavy (non-hydrogen) atoms. The molecule has 0 saturated heterocycles. The summed E-state index contributed by atoms with van der Waals surface area (Å²) in [6.45, 7) is 5.48. The third-order valence-electron chi connectivity index (χ3n) is 5.39. The number of esters is 2. The lowest BCUT2D eigenvalue weighted by Gasteiger charge is -2.15. The molecule has 0 amide bonds. The van der Waals surface area contributed by atoms with Crippen molar-refractivity contribution in [3.05, 3.63) is 0 Å². The average molecular weight is 429 g/mol. The zero-order valence-electron chi connectivity index (χ0n) is 20.0. The number of aliphatic hydroxyl groups excluding tert-OH is 1. The lowest BCUT2D eigenvalue weighted by molar-refractivity contribution is -0.160. The number of rotatable bonds is 21. The van der Waals surface area contributed by atoms with Crippen molar-refractivity contribution in [3.8, 4) is 0 Å². The predicted octanol–water partition coefficient (Wildman–Crippen LogP) is 6.35. The zero-order valence-corrected chi connectivity index (χ0v) is 20.0. The van der Waals surface area contributed by atoms with Crippen molar-refractivity contribution in [3.63, 3.8) is 0 Å². The molecule has 5 nitrogen and oxygen atoms in total. The van der Waals surface area contributed by atoms with Gasteiger partial charge in [0.15, 0.2) is 6.10 Å². The summed E-state index contributed by atoms with van der Waals surface area (Å²) in [5.74, 6) is 0.0733. The average Bonchev–Trinajstić information content (AvgIpc) is 2.70. The quantitative estimate of drug-likeness (QED) is 0.170. The molecule has 0 bridgehead atoms. The molecule has 0 aromatic carbocycles. The van der Waals surface area contributed by atoms with Crippen LogP contribution in [0.1, 0.15) is 124 Å². The molecule has 0 heterocycles. The fourth-order valence-corrected chi connectivity index (χ4v) is 3.52. The number of hydrogen-bond acceptors (Lipinski definition) is 5. The standard InChI is InChI=1S/C25H48O5/c1-22(2)18-16-14-12-10-8-6-4-5-7-9-11-13-15-17-19-25(28)30-24(20-26)21-29-23(3)27/h22,24,26H,4-21H2,1-3H3. The van der Waals surface area contributed by atoms with E-state index in [2.05, 4.69) is 13.8 Å². The first-order chi connectivity index (χ1) is 14.5. The highest BCUT2D eigenvalue weighted by Crippen LogP contribution is 2.15. The third kappa shape index (κ3) is 21.6. The Bertz CT molecular complexity index is 408. The molecule has 0 radical (unpaired) electrons. The molecule has 1 N–H and O–H groups in total. The largest absolute Gasteiger partial charge is 0.462 e. The number of unbranched alkanes of at least 4 members (excludes halogenated alkanes) is 13. The summed E-state index contributed by atoms with van der Waals surface area (Å²) in [4.78, 5) is 22.5. The summed E-state index contributed by atoms with van der Waals surface area (Å²) in [5, 5.41) is 9.14. The first-order valence-electron chi connectivity index (χ1n) is 12.4. The Labute approximate surface area is 185 Å². The van der Waals surface area contributed by atoms with Gasteiger partial charge in [-0.05, 0) is 12.3 Å². The summed E-state index contributed by atoms with van der Waals surface area (Å²) in [7, 11) is 0. The second kappa shape index (κ2) is 21.1. The molecule has 5 heteroatoms. The van der Waals surface area contributed by atoms with Gasteiger partial charge in [-0.2, -0.15) is 0 Å². The van der Waals surface area contributed by atoms with E-state index in [9.17, 15) is 9.59 Å². The van der Waals surface area contributed by atoms with Crippen LogP contribution in [0.5, 0.6) is 0 Å². The summed E-state index contributed by atoms with van der Waals surface area (Å²) in [6, 6.07) is 0. The first kappa shape index (κ1) is 28.9. The fourth-order valence-electron chi connectivity index (χ4n) is 3.52. The molecule has 178 valence electrons. The van der Waals surface area contributed by atoms with Gasteiger partial charge in [0.2, 0.25) is 0 Å². The normalized spacial score (nSPS) is 12.2. The van der Waals surface area contributed by atoms with Crippen molar-refractivity contribution in [1.29, 1.82) is 0 Å². The Balaban J connectivity index is 3.32. The van der Waals surface area contributed by atoms with Crippen LogP contribution in [-0.4, -0.2) is 36.4 Å². The van der Waals surface area contributed by atoms with Gasteiger partial charge in [0.25, 0.3) is 0 Å². The fraction of sp³-hybridized carbons (Fsp3) is 0.920. The molecule has 0 spiro atoms. The molecule has 0 aromatic heterocycles. The molecule has 0 aliphatic carbocycles. The molecular formula is C25H48O5. The Kier molecular flexibility index (Phi) is 20.4. The van der Waals surface area contributed by atoms with Crippen molar-refractivity contribution < 1.29 is 24.2 Å². The highest BCUT2D eigenvalue weighted by molar-refractivity contribution is 5.69. The second-order valence-corrected chi connectivity index (χ2v) is 8.98. The lowest BCUT2D eigenvalue weighted by Crippen LogP contribution is -2.28. The predicted molar refractivity (Wildman–Crippen MR) is 122 cm³/mol. The van der Waals surface area contributed by atoms with Crippen LogP contribution in [0.15, 0.2) is 0 Å². The third-order valence-corrected chi connectivity index (χ3v) is 5.39. The van der Waals surface area contributed by atoms with Crippen LogP contribution < -0.4 is 0 Å². The Morgan fingerprint density at radius 1 is 0.733 bits per heavy atom. The van der Waals surface area contributed by atoms with Gasteiger partial charge in [0.05, 0.1) is 6.61 Å². The summed E-state index contributed by atoms with van der Waals surface area (Å²) in [5.41, 5.74) is 0. The van der Waals surface area contributed by atoms with Gasteiger partial charge in [-0.1, -0.05) is 104 Å². The Morgan fingerprint density at radius 3 is 1.57 bits per heavy atom. The van der Waals surface area contributed by atoms with E-state index in [1.807, 2.05) is 0 Å². The van der Waals surface area contributed by atoms with Crippen molar-refractivity contribution in [2.45, 2.75) is 130 Å². The van der Waals surface area contributed by atoms with E-state index in [-0.39, 0.29) is 19.2 Å². The number of carbonyl (C=O) groups is 2. The van der Waals surface area contributed by atoms with E-state index in [4.69, 9.17) is 14.6 Å². The molecule has 0 aliphatic rings. The SMILES string of the molecule is CC(=O)OCC(CO)OC(=O)CCCCCCCCCCCCCCCCC(C)C. The van der Waals surface area contributed by atoms with Crippen LogP contribution in [-0.2, 0) is 19.1 Å². The van der Waals surface area contributed by atoms with Gasteiger partial charge in [0, 0.05) is 13.3 Å². The molecule has 1 atom stereocenters. The van der Waals surface area contributed by atoms with E-state index in [0.717, 1.165) is 25.2 Å². The van der Waals surface area contributed by atoms with Crippen molar-refractivity contribution in [2.75, 3.05) is 13.2 Å². The van der Waals surface area contributed by atoms with Crippen molar-refractivity contribution in [1.82, 2.24) is 0 Å². The van der Waals surface area contributed by atoms with Crippen LogP contribution >= 0.6 is 0 Å². The van der Waals surface area contributed by atoms with Gasteiger partial charge >= 0.3 is 11.9 Å². The van der Waals surface area contributed by atoms with E-state index in [0.29, 0.717) is 6.42 Å². The number of hydrogen-bond donors (Lipinski definition) is 1. The monoisotopic (exact) mass is 428 g/mol. The minimum atomic E-state index is -0.758. The van der Waals surface area contributed by atoms with Crippen LogP contribution in [0, 0.1) is 5.92 Å². The van der Waals surface area contributed by atoms with Crippen molar-refractivity contribution in [2.24, 2.45) is 5.92 Å². The minimum Gasteiger partial charge on any atom is -0.462 e. The second-order valence-electron chi connectivity index (χ2n) is 8.98. The number of ether oxygens (including phenoxy) is 2. The number of carbonyl (C=O) groups excluding carboxylic acids is 2. The van der Waals surface area contributed by atoms with E-state index in [1.54, 1.807) is 0 Å². The molecule has 0 fully saturated rings. The first-order valence-corrected chi connectivity index (χ1v) is 12.4. The minimum absolute atomic E-state index is 0.0874. The Hall–Kier alpha value is -1.10. The van der Waals surface area contributed by atoms with Crippen molar-refractivity contribution >= 4 is 11.9 Å². The van der Waals surface area contributed by atoms with Gasteiger partial charge in [0.1, 0.15) is 6.61 Å². The Morgan fingerprint density at radius 2 is 1.17 bits per heavy atom. The van der Waals surface area contributed by atoms with Gasteiger partial charge < -0.3 is 14.6 Å². The molecule has 0 aromatic rings. The van der Waals surface area contributed by atoms with E-state index < -0.39 is 12.1 Å². The van der Waals surface area contributed by atoms with E-state index >= 15 is 0 Å². The number of aliphatic hydroxyl groups is 1. The highest BCUT2D eigenvalue weighted by Gasteiger charge is 2.14. The molecule has 0 aliphatic heterocycles. The molecule has 0 saturated carbocycles. The van der Waals surface area contributed by atoms with Crippen LogP contribution in [0.25, 0.3) is 0 Å². The summed E-state index contributed by atoms with van der Waals surface area (Å²) in [6.07, 6.45) is 18.9. The highest BCUT2D eigenvalue weighted by atomic mass is 16.6. The van der Waals surface area contributed by atoms with Gasteiger partial charge in [-0.15, -0.1) is 0 Å². The summed E-state index contributed by atoms with van der Waals surface area (Å²) < 4.78 is 9.87. The van der Waals surface area contributed by atoms with Crippen LogP contribution in [0.3, 0.4) is 0 Å². The maximum atomic E-state index is 11.7.